The van der Waals surface area contributed by atoms with Crippen molar-refractivity contribution >= 4 is 0 Å². The Hall–Kier alpha value is -11.4. The van der Waals surface area contributed by atoms with Gasteiger partial charge in [0.1, 0.15) is 98.9 Å². The second kappa shape index (κ2) is 52.9. The quantitative estimate of drug-likeness (QED) is 0.139. The normalized spacial score (nSPS) is 16.1. The topological polar surface area (TPSA) is 185 Å². The van der Waals surface area contributed by atoms with Crippen LogP contribution in [0.2, 0.25) is 0 Å². The van der Waals surface area contributed by atoms with Crippen LogP contribution in [0.1, 0.15) is 0 Å². The highest BCUT2D eigenvalue weighted by atomic mass is 16.6. The smallest absolute Gasteiger partial charge is 0.127 e. The number of benzene rings is 12. The van der Waals surface area contributed by atoms with Gasteiger partial charge in [-0.05, 0) is 117 Å². The van der Waals surface area contributed by atoms with Crippen LogP contribution in [0.5, 0.6) is 46.0 Å². The van der Waals surface area contributed by atoms with Crippen molar-refractivity contribution in [2.45, 2.75) is 0 Å². The number of hydrogen-bond acceptors (Lipinski definition) is 20. The number of para-hydroxylation sites is 8. The third-order valence-electron chi connectivity index (χ3n) is 19.9. The largest absolute Gasteiger partial charge is 0.491 e. The zero-order valence-electron chi connectivity index (χ0n) is 70.5. The number of rotatable bonds is 0. The first kappa shape index (κ1) is 90.3. The third kappa shape index (κ3) is 29.4. The highest BCUT2D eigenvalue weighted by Gasteiger charge is 2.18. The monoisotopic (exact) mass is 1680 g/mol. The zero-order valence-corrected chi connectivity index (χ0v) is 70.5. The molecular weight excluding hydrogens is 1570 g/mol. The van der Waals surface area contributed by atoms with Gasteiger partial charge in [0.2, 0.25) is 0 Å². The van der Waals surface area contributed by atoms with Crippen LogP contribution in [0.15, 0.2) is 291 Å². The van der Waals surface area contributed by atoms with Crippen molar-refractivity contribution in [3.05, 3.63) is 291 Å². The van der Waals surface area contributed by atoms with Gasteiger partial charge in [0.15, 0.2) is 0 Å². The minimum Gasteiger partial charge on any atom is -0.491 e. The molecule has 0 aliphatic carbocycles. The van der Waals surface area contributed by atoms with Crippen LogP contribution < -0.4 is 37.9 Å². The molecule has 0 N–H and O–H groups in total. The minimum absolute atomic E-state index is 0.483. The fraction of sp³-hybridized carbons (Fsp3) is 0.308. The molecular formula is C104H112O20. The maximum Gasteiger partial charge on any atom is 0.127 e. The number of ether oxygens (including phenoxy) is 20. The molecule has 12 aromatic carbocycles. The third-order valence-corrected chi connectivity index (χ3v) is 19.9. The van der Waals surface area contributed by atoms with Crippen molar-refractivity contribution in [3.63, 3.8) is 0 Å². The molecule has 4 aliphatic rings. The van der Waals surface area contributed by atoms with Gasteiger partial charge >= 0.3 is 0 Å². The van der Waals surface area contributed by atoms with Crippen molar-refractivity contribution in [3.8, 4) is 135 Å². The second-order valence-corrected chi connectivity index (χ2v) is 28.4. The van der Waals surface area contributed by atoms with Gasteiger partial charge in [0.05, 0.1) is 159 Å². The summed E-state index contributed by atoms with van der Waals surface area (Å²) in [5.41, 5.74) is 17.1. The van der Waals surface area contributed by atoms with Gasteiger partial charge in [0.25, 0.3) is 0 Å². The SMILES string of the molecule is c1cc2cc(c1)-c1ccccc1OCCOCCOCCOCCOc1ccccc1-2.c1cc2cc(c1)-c1ccccc1OCCOCCOCCOCCOc1ccccc1-2.c1cc2cc(c1)-c1ccccc1OCCOCCOCCOCCOc1ccccc1-2.c1cc2cc(c1)-c1ccccc1OCCOCCOCCOCCOc1ccccc1-2. The van der Waals surface area contributed by atoms with Crippen LogP contribution in [0.25, 0.3) is 89.0 Å². The summed E-state index contributed by atoms with van der Waals surface area (Å²) in [7, 11) is 0. The molecule has 0 aromatic heterocycles. The van der Waals surface area contributed by atoms with E-state index < -0.39 is 0 Å². The fourth-order valence-corrected chi connectivity index (χ4v) is 13.9. The van der Waals surface area contributed by atoms with E-state index in [2.05, 4.69) is 146 Å². The summed E-state index contributed by atoms with van der Waals surface area (Å²) in [6.45, 7) is 16.5. The average molecular weight is 1680 g/mol. The average Bonchev–Trinajstić information content (AvgIpc) is 0.823. The van der Waals surface area contributed by atoms with Gasteiger partial charge < -0.3 is 94.7 Å². The lowest BCUT2D eigenvalue weighted by Gasteiger charge is -2.15. The van der Waals surface area contributed by atoms with E-state index in [9.17, 15) is 0 Å². The van der Waals surface area contributed by atoms with Crippen LogP contribution in [0.4, 0.5) is 0 Å². The van der Waals surface area contributed by atoms with Gasteiger partial charge in [-0.1, -0.05) is 218 Å². The van der Waals surface area contributed by atoms with E-state index in [1.807, 2.05) is 146 Å². The molecule has 648 valence electrons. The van der Waals surface area contributed by atoms with E-state index in [1.54, 1.807) is 0 Å². The minimum atomic E-state index is 0.483. The standard InChI is InChI=1S/4C26H28O5/c4*1-3-10-25-23(8-1)21-6-5-7-22(20-21)24-9-2-4-11-26(24)31-19-17-29-15-13-27-12-14-28-16-18-30-25/h4*1-11,20H,12-19H2. The molecule has 0 spiro atoms. The van der Waals surface area contributed by atoms with Crippen LogP contribution in [0, 0.1) is 0 Å². The summed E-state index contributed by atoms with van der Waals surface area (Å²) in [5, 5.41) is 0. The Kier molecular flexibility index (Phi) is 38.5. The summed E-state index contributed by atoms with van der Waals surface area (Å²) in [4.78, 5) is 0. The Bertz CT molecular complexity index is 4160. The first-order valence-corrected chi connectivity index (χ1v) is 42.8. The molecule has 0 unspecified atom stereocenters. The molecule has 0 saturated carbocycles. The predicted octanol–water partition coefficient (Wildman–Crippen LogP) is 19.4. The second-order valence-electron chi connectivity index (χ2n) is 28.4. The summed E-state index contributed by atoms with van der Waals surface area (Å²) in [6.07, 6.45) is 0. The molecule has 20 heteroatoms. The molecule has 124 heavy (non-hydrogen) atoms. The molecule has 0 atom stereocenters. The Labute approximate surface area is 728 Å². The van der Waals surface area contributed by atoms with E-state index in [0.29, 0.717) is 211 Å². The summed E-state index contributed by atoms with van der Waals surface area (Å²) in [5.74, 6) is 6.75. The van der Waals surface area contributed by atoms with E-state index in [4.69, 9.17) is 94.7 Å². The van der Waals surface area contributed by atoms with E-state index in [1.165, 1.54) is 0 Å². The van der Waals surface area contributed by atoms with Crippen LogP contribution >= 0.6 is 0 Å². The van der Waals surface area contributed by atoms with Gasteiger partial charge in [-0.15, -0.1) is 0 Å². The van der Waals surface area contributed by atoms with Crippen LogP contribution in [-0.4, -0.2) is 211 Å². The molecule has 4 heterocycles. The summed E-state index contributed by atoms with van der Waals surface area (Å²) >= 11 is 0. The van der Waals surface area contributed by atoms with Crippen molar-refractivity contribution in [1.29, 1.82) is 0 Å². The van der Waals surface area contributed by atoms with Crippen molar-refractivity contribution in [2.24, 2.45) is 0 Å². The van der Waals surface area contributed by atoms with Crippen LogP contribution in [-0.2, 0) is 56.8 Å². The summed E-state index contributed by atoms with van der Waals surface area (Å²) in [6, 6.07) is 98.4. The molecule has 8 bridgehead atoms. The van der Waals surface area contributed by atoms with Crippen molar-refractivity contribution < 1.29 is 94.7 Å². The molecule has 16 rings (SSSR count). The predicted molar refractivity (Wildman–Crippen MR) is 483 cm³/mol. The molecule has 12 aromatic rings. The molecule has 0 radical (unpaired) electrons. The zero-order chi connectivity index (χ0) is 84.6. The van der Waals surface area contributed by atoms with Crippen molar-refractivity contribution in [1.82, 2.24) is 0 Å². The van der Waals surface area contributed by atoms with Gasteiger partial charge in [-0.25, -0.2) is 0 Å². The maximum absolute atomic E-state index is 6.03. The van der Waals surface area contributed by atoms with Crippen LogP contribution in [0.3, 0.4) is 0 Å². The van der Waals surface area contributed by atoms with Crippen molar-refractivity contribution in [2.75, 3.05) is 211 Å². The van der Waals surface area contributed by atoms with Gasteiger partial charge in [0, 0.05) is 44.5 Å². The van der Waals surface area contributed by atoms with E-state index >= 15 is 0 Å². The first-order chi connectivity index (χ1) is 61.7. The van der Waals surface area contributed by atoms with Gasteiger partial charge in [-0.2, -0.15) is 0 Å². The maximum atomic E-state index is 6.03. The van der Waals surface area contributed by atoms with E-state index in [0.717, 1.165) is 135 Å². The lowest BCUT2D eigenvalue weighted by Crippen LogP contribution is -2.14. The number of hydrogen-bond donors (Lipinski definition) is 0. The lowest BCUT2D eigenvalue weighted by molar-refractivity contribution is 0.00504. The Balaban J connectivity index is 0.000000142. The first-order valence-electron chi connectivity index (χ1n) is 42.8. The highest BCUT2D eigenvalue weighted by molar-refractivity contribution is 5.83. The number of fused-ring (bicyclic) bond motifs is 24. The molecule has 0 fully saturated rings. The molecule has 0 amide bonds. The lowest BCUT2D eigenvalue weighted by atomic mass is 9.98. The highest BCUT2D eigenvalue weighted by Crippen LogP contribution is 2.41. The fourth-order valence-electron chi connectivity index (χ4n) is 13.9. The molecule has 4 aliphatic heterocycles. The van der Waals surface area contributed by atoms with Gasteiger partial charge in [-0.3, -0.25) is 0 Å². The summed E-state index contributed by atoms with van der Waals surface area (Å²) < 4.78 is 115. The Morgan fingerprint density at radius 3 is 0.331 bits per heavy atom. The Morgan fingerprint density at radius 2 is 0.210 bits per heavy atom. The molecule has 0 saturated heterocycles. The Morgan fingerprint density at radius 1 is 0.105 bits per heavy atom. The van der Waals surface area contributed by atoms with E-state index in [-0.39, 0.29) is 0 Å². The molecule has 20 nitrogen and oxygen atoms in total.